The van der Waals surface area contributed by atoms with Gasteiger partial charge in [-0.3, -0.25) is 4.98 Å². The molecule has 1 fully saturated rings. The van der Waals surface area contributed by atoms with Gasteiger partial charge in [0.05, 0.1) is 12.3 Å². The third-order valence-corrected chi connectivity index (χ3v) is 7.62. The molecule has 1 atom stereocenters. The van der Waals surface area contributed by atoms with Crippen LogP contribution in [0.1, 0.15) is 42.5 Å². The minimum Gasteiger partial charge on any atom is -0.369 e. The summed E-state index contributed by atoms with van der Waals surface area (Å²) in [4.78, 5) is 4.63. The molecule has 1 saturated heterocycles. The van der Waals surface area contributed by atoms with Crippen LogP contribution in [0.2, 0.25) is 5.02 Å². The van der Waals surface area contributed by atoms with Gasteiger partial charge in [-0.15, -0.1) is 0 Å². The van der Waals surface area contributed by atoms with E-state index in [1.54, 1.807) is 0 Å². The van der Waals surface area contributed by atoms with E-state index in [1.807, 2.05) is 57.2 Å². The Morgan fingerprint density at radius 1 is 1.24 bits per heavy atom. The van der Waals surface area contributed by atoms with Crippen LogP contribution in [0, 0.1) is 6.92 Å². The molecule has 1 aliphatic heterocycles. The highest BCUT2D eigenvalue weighted by molar-refractivity contribution is 7.86. The lowest BCUT2D eigenvalue weighted by Crippen LogP contribution is -2.49. The molecule has 2 heterocycles. The number of morpholine rings is 1. The molecule has 0 spiro atoms. The predicted octanol–water partition coefficient (Wildman–Crippen LogP) is 3.59. The van der Waals surface area contributed by atoms with Gasteiger partial charge in [-0.2, -0.15) is 17.0 Å². The first kappa shape index (κ1) is 22.2. The minimum absolute atomic E-state index is 0.265. The van der Waals surface area contributed by atoms with Crippen LogP contribution in [-0.4, -0.2) is 54.8 Å². The molecule has 1 aromatic carbocycles. The number of aryl methyl sites for hydroxylation is 1. The van der Waals surface area contributed by atoms with E-state index >= 15 is 0 Å². The Morgan fingerprint density at radius 2 is 1.97 bits per heavy atom. The molecule has 1 aromatic heterocycles. The van der Waals surface area contributed by atoms with E-state index in [0.717, 1.165) is 27.5 Å². The highest BCUT2D eigenvalue weighted by Crippen LogP contribution is 2.26. The predicted molar refractivity (Wildman–Crippen MR) is 115 cm³/mol. The molecule has 8 heteroatoms. The maximum absolute atomic E-state index is 12.9. The summed E-state index contributed by atoms with van der Waals surface area (Å²) >= 11 is 6.31. The molecule has 0 N–H and O–H groups in total. The summed E-state index contributed by atoms with van der Waals surface area (Å²) in [6, 6.07) is 11.8. The van der Waals surface area contributed by atoms with E-state index in [0.29, 0.717) is 32.7 Å². The number of halogens is 1. The van der Waals surface area contributed by atoms with Gasteiger partial charge in [0.2, 0.25) is 0 Å². The zero-order chi connectivity index (χ0) is 21.0. The summed E-state index contributed by atoms with van der Waals surface area (Å²) < 4.78 is 34.7. The lowest BCUT2D eigenvalue weighted by atomic mass is 10.0. The monoisotopic (exact) mass is 437 g/mol. The third kappa shape index (κ3) is 5.16. The molecule has 0 amide bonds. The van der Waals surface area contributed by atoms with E-state index in [2.05, 4.69) is 4.98 Å². The Balaban J connectivity index is 1.83. The summed E-state index contributed by atoms with van der Waals surface area (Å²) in [5.41, 5.74) is 3.75. The number of rotatable bonds is 7. The molecule has 0 radical (unpaired) electrons. The molecular weight excluding hydrogens is 410 g/mol. The van der Waals surface area contributed by atoms with Crippen molar-refractivity contribution in [2.75, 3.05) is 32.8 Å². The summed E-state index contributed by atoms with van der Waals surface area (Å²) in [7, 11) is -3.50. The number of aromatic nitrogens is 1. The minimum atomic E-state index is -3.50. The normalized spacial score (nSPS) is 18.3. The first-order chi connectivity index (χ1) is 13.8. The SMILES string of the molecule is CCN(CC)S(=O)(=O)N1CCOC(c2cc(Cc3ccccc3Cl)cc(C)n2)C1. The highest BCUT2D eigenvalue weighted by atomic mass is 35.5. The van der Waals surface area contributed by atoms with E-state index in [9.17, 15) is 8.42 Å². The molecule has 2 aromatic rings. The van der Waals surface area contributed by atoms with Crippen molar-refractivity contribution in [1.82, 2.24) is 13.6 Å². The lowest BCUT2D eigenvalue weighted by Gasteiger charge is -2.35. The Morgan fingerprint density at radius 3 is 2.66 bits per heavy atom. The Hall–Kier alpha value is -1.51. The van der Waals surface area contributed by atoms with Crippen LogP contribution >= 0.6 is 11.6 Å². The zero-order valence-electron chi connectivity index (χ0n) is 17.1. The van der Waals surface area contributed by atoms with Crippen molar-refractivity contribution >= 4 is 21.8 Å². The van der Waals surface area contributed by atoms with E-state index in [-0.39, 0.29) is 12.6 Å². The van der Waals surface area contributed by atoms with E-state index in [4.69, 9.17) is 16.3 Å². The maximum Gasteiger partial charge on any atom is 0.282 e. The van der Waals surface area contributed by atoms with Crippen molar-refractivity contribution < 1.29 is 13.2 Å². The third-order valence-electron chi connectivity index (χ3n) is 5.10. The smallest absolute Gasteiger partial charge is 0.282 e. The quantitative estimate of drug-likeness (QED) is 0.664. The molecule has 0 bridgehead atoms. The van der Waals surface area contributed by atoms with Crippen molar-refractivity contribution in [3.63, 3.8) is 0 Å². The van der Waals surface area contributed by atoms with Crippen molar-refractivity contribution in [2.24, 2.45) is 0 Å². The average molecular weight is 438 g/mol. The van der Waals surface area contributed by atoms with E-state index in [1.165, 1.54) is 8.61 Å². The first-order valence-electron chi connectivity index (χ1n) is 9.92. The van der Waals surface area contributed by atoms with E-state index < -0.39 is 10.2 Å². The first-order valence-corrected chi connectivity index (χ1v) is 11.7. The number of pyridine rings is 1. The molecule has 0 aliphatic carbocycles. The Labute approximate surface area is 178 Å². The maximum atomic E-state index is 12.9. The number of benzene rings is 1. The van der Waals surface area contributed by atoms with Gasteiger partial charge in [0, 0.05) is 36.9 Å². The molecule has 158 valence electrons. The summed E-state index contributed by atoms with van der Waals surface area (Å²) in [5.74, 6) is 0. The molecule has 3 rings (SSSR count). The topological polar surface area (TPSA) is 62.7 Å². The van der Waals surface area contributed by atoms with Crippen molar-refractivity contribution in [1.29, 1.82) is 0 Å². The molecule has 6 nitrogen and oxygen atoms in total. The van der Waals surface area contributed by atoms with Crippen molar-refractivity contribution in [3.05, 3.63) is 63.9 Å². The van der Waals surface area contributed by atoms with Gasteiger partial charge in [-0.05, 0) is 42.7 Å². The van der Waals surface area contributed by atoms with Crippen LogP contribution in [0.5, 0.6) is 0 Å². The number of hydrogen-bond acceptors (Lipinski definition) is 4. The molecule has 1 unspecified atom stereocenters. The van der Waals surface area contributed by atoms with Gasteiger partial charge in [-0.25, -0.2) is 0 Å². The fourth-order valence-electron chi connectivity index (χ4n) is 3.62. The molecule has 29 heavy (non-hydrogen) atoms. The number of nitrogens with zero attached hydrogens (tertiary/aromatic N) is 3. The molecular formula is C21H28ClN3O3S. The fraction of sp³-hybridized carbons (Fsp3) is 0.476. The van der Waals surface area contributed by atoms with Gasteiger partial charge in [0.25, 0.3) is 10.2 Å². The van der Waals surface area contributed by atoms with Gasteiger partial charge < -0.3 is 4.74 Å². The lowest BCUT2D eigenvalue weighted by molar-refractivity contribution is -0.00668. The second-order valence-corrected chi connectivity index (χ2v) is 9.46. The van der Waals surface area contributed by atoms with Gasteiger partial charge in [0.1, 0.15) is 6.10 Å². The summed E-state index contributed by atoms with van der Waals surface area (Å²) in [5, 5.41) is 0.730. The van der Waals surface area contributed by atoms with Crippen LogP contribution in [0.15, 0.2) is 36.4 Å². The van der Waals surface area contributed by atoms with Crippen LogP contribution in [0.3, 0.4) is 0 Å². The highest BCUT2D eigenvalue weighted by Gasteiger charge is 2.34. The largest absolute Gasteiger partial charge is 0.369 e. The van der Waals surface area contributed by atoms with Gasteiger partial charge in [0.15, 0.2) is 0 Å². The van der Waals surface area contributed by atoms with Crippen molar-refractivity contribution in [2.45, 2.75) is 33.3 Å². The molecule has 1 aliphatic rings. The summed E-state index contributed by atoms with van der Waals surface area (Å²) in [6.45, 7) is 7.50. The standard InChI is InChI=1S/C21H28ClN3O3S/c1-4-24(5-2)29(26,27)25-10-11-28-21(15-25)20-14-17(12-16(3)23-20)13-18-8-6-7-9-19(18)22/h6-9,12,14,21H,4-5,10-11,13,15H2,1-3H3. The van der Waals surface area contributed by atoms with Crippen LogP contribution < -0.4 is 0 Å². The van der Waals surface area contributed by atoms with Gasteiger partial charge >= 0.3 is 0 Å². The van der Waals surface area contributed by atoms with Crippen LogP contribution in [0.25, 0.3) is 0 Å². The summed E-state index contributed by atoms with van der Waals surface area (Å²) in [6.07, 6.45) is 0.295. The Bertz CT molecular complexity index is 948. The van der Waals surface area contributed by atoms with Crippen LogP contribution in [0.4, 0.5) is 0 Å². The van der Waals surface area contributed by atoms with Gasteiger partial charge in [-0.1, -0.05) is 43.6 Å². The Kier molecular flexibility index (Phi) is 7.29. The zero-order valence-corrected chi connectivity index (χ0v) is 18.7. The number of hydrogen-bond donors (Lipinski definition) is 0. The molecule has 0 saturated carbocycles. The second-order valence-electron chi connectivity index (χ2n) is 7.12. The van der Waals surface area contributed by atoms with Crippen molar-refractivity contribution in [3.8, 4) is 0 Å². The van der Waals surface area contributed by atoms with Crippen LogP contribution in [-0.2, 0) is 21.4 Å². The number of ether oxygens (including phenoxy) is 1. The second kappa shape index (κ2) is 9.53. The average Bonchev–Trinajstić information content (AvgIpc) is 2.70. The fourth-order valence-corrected chi connectivity index (χ4v) is 5.43.